The predicted molar refractivity (Wildman–Crippen MR) is 53.5 cm³/mol. The van der Waals surface area contributed by atoms with E-state index in [0.29, 0.717) is 11.4 Å². The summed E-state index contributed by atoms with van der Waals surface area (Å²) in [7, 11) is 0. The Labute approximate surface area is 87.2 Å². The quantitative estimate of drug-likeness (QED) is 0.505. The second-order valence-electron chi connectivity index (χ2n) is 3.17. The molecule has 6 heteroatoms. The van der Waals surface area contributed by atoms with Gasteiger partial charge in [0.15, 0.2) is 0 Å². The van der Waals surface area contributed by atoms with Crippen LogP contribution in [0.15, 0.2) is 0 Å². The van der Waals surface area contributed by atoms with Crippen molar-refractivity contribution in [2.24, 2.45) is 5.73 Å². The van der Waals surface area contributed by atoms with Crippen LogP contribution in [0, 0.1) is 0 Å². The lowest BCUT2D eigenvalue weighted by molar-refractivity contribution is -0.160. The highest BCUT2D eigenvalue weighted by molar-refractivity contribution is 7.80. The second-order valence-corrected chi connectivity index (χ2v) is 3.69. The van der Waals surface area contributed by atoms with Crippen molar-refractivity contribution in [2.75, 3.05) is 13.2 Å². The van der Waals surface area contributed by atoms with Crippen LogP contribution in [0.2, 0.25) is 0 Å². The van der Waals surface area contributed by atoms with Gasteiger partial charge in [0, 0.05) is 12.5 Å². The third kappa shape index (κ3) is 2.49. The molecule has 1 atom stereocenters. The summed E-state index contributed by atoms with van der Waals surface area (Å²) in [6.07, 6.45) is 0.354. The Hall–Kier alpha value is -1.01. The Morgan fingerprint density at radius 2 is 2.07 bits per heavy atom. The van der Waals surface area contributed by atoms with Crippen molar-refractivity contribution < 1.29 is 14.3 Å². The van der Waals surface area contributed by atoms with Gasteiger partial charge >= 0.3 is 0 Å². The van der Waals surface area contributed by atoms with Crippen molar-refractivity contribution in [3.05, 3.63) is 0 Å². The first-order valence-corrected chi connectivity index (χ1v) is 4.64. The molecule has 2 amide bonds. The number of nitrogens with two attached hydrogens (primary N) is 1. The van der Waals surface area contributed by atoms with E-state index in [1.807, 2.05) is 0 Å². The van der Waals surface area contributed by atoms with Gasteiger partial charge in [-0.05, 0) is 6.92 Å². The fourth-order valence-electron chi connectivity index (χ4n) is 1.38. The van der Waals surface area contributed by atoms with E-state index in [-0.39, 0.29) is 31.1 Å². The van der Waals surface area contributed by atoms with Gasteiger partial charge in [-0.1, -0.05) is 12.2 Å². The monoisotopic (exact) mass is 216 g/mol. The van der Waals surface area contributed by atoms with Crippen LogP contribution in [0.3, 0.4) is 0 Å². The van der Waals surface area contributed by atoms with E-state index >= 15 is 0 Å². The number of thiocarbonyl (C=S) groups is 1. The number of carbonyl (C=O) groups is 2. The Morgan fingerprint density at radius 3 is 2.50 bits per heavy atom. The summed E-state index contributed by atoms with van der Waals surface area (Å²) in [6.45, 7) is 1.64. The molecule has 0 aromatic heterocycles. The fourth-order valence-corrected chi connectivity index (χ4v) is 1.62. The summed E-state index contributed by atoms with van der Waals surface area (Å²) < 4.78 is 4.77. The molecule has 5 nitrogen and oxygen atoms in total. The summed E-state index contributed by atoms with van der Waals surface area (Å²) in [5, 5.41) is 0. The molecular weight excluding hydrogens is 204 g/mol. The maximum Gasteiger partial charge on any atom is 0.255 e. The van der Waals surface area contributed by atoms with Gasteiger partial charge in [0.05, 0.1) is 4.99 Å². The molecule has 0 aromatic carbocycles. The van der Waals surface area contributed by atoms with Crippen LogP contribution in [0.25, 0.3) is 0 Å². The number of rotatable bonds is 3. The average molecular weight is 216 g/mol. The topological polar surface area (TPSA) is 72.6 Å². The molecule has 1 aliphatic rings. The summed E-state index contributed by atoms with van der Waals surface area (Å²) in [6, 6.07) is -0.281. The molecule has 0 spiro atoms. The smallest absolute Gasteiger partial charge is 0.255 e. The number of nitrogens with zero attached hydrogens (tertiary/aromatic N) is 1. The van der Waals surface area contributed by atoms with Crippen LogP contribution >= 0.6 is 12.2 Å². The van der Waals surface area contributed by atoms with Crippen LogP contribution in [-0.4, -0.2) is 41.0 Å². The molecule has 78 valence electrons. The van der Waals surface area contributed by atoms with E-state index < -0.39 is 0 Å². The van der Waals surface area contributed by atoms with E-state index in [1.54, 1.807) is 6.92 Å². The minimum absolute atomic E-state index is 0.0482. The van der Waals surface area contributed by atoms with Crippen LogP contribution in [-0.2, 0) is 14.3 Å². The zero-order chi connectivity index (χ0) is 10.7. The van der Waals surface area contributed by atoms with Crippen molar-refractivity contribution in [3.63, 3.8) is 0 Å². The van der Waals surface area contributed by atoms with E-state index in [4.69, 9.17) is 22.7 Å². The molecule has 2 N–H and O–H groups in total. The maximum atomic E-state index is 11.3. The minimum Gasteiger partial charge on any atom is -0.393 e. The van der Waals surface area contributed by atoms with Crippen molar-refractivity contribution in [2.45, 2.75) is 19.4 Å². The number of morpholine rings is 1. The van der Waals surface area contributed by atoms with Crippen LogP contribution in [0.1, 0.15) is 13.3 Å². The van der Waals surface area contributed by atoms with Crippen molar-refractivity contribution in [1.82, 2.24) is 4.90 Å². The maximum absolute atomic E-state index is 11.3. The van der Waals surface area contributed by atoms with Crippen LogP contribution in [0.4, 0.5) is 0 Å². The van der Waals surface area contributed by atoms with Crippen LogP contribution in [0.5, 0.6) is 0 Å². The molecule has 1 fully saturated rings. The molecule has 0 bridgehead atoms. The molecule has 1 saturated heterocycles. The molecule has 1 rings (SSSR count). The number of hydrogen-bond acceptors (Lipinski definition) is 4. The third-order valence-electron chi connectivity index (χ3n) is 1.93. The number of carbonyl (C=O) groups excluding carboxylic acids is 2. The lowest BCUT2D eigenvalue weighted by Gasteiger charge is -2.30. The molecule has 0 saturated carbocycles. The highest BCUT2D eigenvalue weighted by Gasteiger charge is 2.30. The fraction of sp³-hybridized carbons (Fsp3) is 0.625. The van der Waals surface area contributed by atoms with Crippen molar-refractivity contribution >= 4 is 29.0 Å². The summed E-state index contributed by atoms with van der Waals surface area (Å²) in [5.74, 6) is -0.657. The van der Waals surface area contributed by atoms with Gasteiger partial charge in [-0.3, -0.25) is 14.5 Å². The Bertz CT molecular complexity index is 264. The van der Waals surface area contributed by atoms with Gasteiger partial charge in [0.1, 0.15) is 13.2 Å². The Balaban J connectivity index is 2.67. The standard InChI is InChI=1S/C8H12N2O3S/c1-5(2-6(9)14)10-7(11)3-13-4-8(10)12/h5H,2-4H2,1H3,(H2,9,14). The number of imide groups is 1. The Morgan fingerprint density at radius 1 is 1.57 bits per heavy atom. The third-order valence-corrected chi connectivity index (χ3v) is 2.09. The molecule has 0 radical (unpaired) electrons. The SMILES string of the molecule is CC(CC(N)=S)N1C(=O)COCC1=O. The Kier molecular flexibility index (Phi) is 3.54. The molecule has 1 unspecified atom stereocenters. The zero-order valence-electron chi connectivity index (χ0n) is 7.86. The zero-order valence-corrected chi connectivity index (χ0v) is 8.67. The second kappa shape index (κ2) is 4.47. The molecular formula is C8H12N2O3S. The normalized spacial score (nSPS) is 19.6. The number of amides is 2. The average Bonchev–Trinajstić information content (AvgIpc) is 2.01. The van der Waals surface area contributed by atoms with E-state index in [0.717, 1.165) is 0 Å². The summed E-state index contributed by atoms with van der Waals surface area (Å²) in [4.78, 5) is 24.1. The van der Waals surface area contributed by atoms with Gasteiger partial charge in [-0.25, -0.2) is 0 Å². The van der Waals surface area contributed by atoms with Crippen molar-refractivity contribution in [3.8, 4) is 0 Å². The highest BCUT2D eigenvalue weighted by Crippen LogP contribution is 2.09. The molecule has 14 heavy (non-hydrogen) atoms. The highest BCUT2D eigenvalue weighted by atomic mass is 32.1. The van der Waals surface area contributed by atoms with Gasteiger partial charge in [-0.15, -0.1) is 0 Å². The lowest BCUT2D eigenvalue weighted by atomic mass is 10.2. The molecule has 1 heterocycles. The van der Waals surface area contributed by atoms with E-state index in [2.05, 4.69) is 0 Å². The number of hydrogen-bond donors (Lipinski definition) is 1. The summed E-state index contributed by atoms with van der Waals surface area (Å²) >= 11 is 4.72. The van der Waals surface area contributed by atoms with Gasteiger partial charge in [0.25, 0.3) is 11.8 Å². The lowest BCUT2D eigenvalue weighted by Crippen LogP contribution is -2.51. The predicted octanol–water partition coefficient (Wildman–Crippen LogP) is -0.564. The van der Waals surface area contributed by atoms with Gasteiger partial charge in [-0.2, -0.15) is 0 Å². The minimum atomic E-state index is -0.329. The van der Waals surface area contributed by atoms with Crippen LogP contribution < -0.4 is 5.73 Å². The van der Waals surface area contributed by atoms with Crippen molar-refractivity contribution in [1.29, 1.82) is 0 Å². The molecule has 0 aromatic rings. The first kappa shape index (κ1) is 11.1. The first-order valence-electron chi connectivity index (χ1n) is 4.23. The van der Waals surface area contributed by atoms with E-state index in [9.17, 15) is 9.59 Å². The summed E-state index contributed by atoms with van der Waals surface area (Å²) in [5.41, 5.74) is 5.34. The van der Waals surface area contributed by atoms with Gasteiger partial charge in [0.2, 0.25) is 0 Å². The van der Waals surface area contributed by atoms with E-state index in [1.165, 1.54) is 4.90 Å². The molecule has 0 aliphatic carbocycles. The molecule has 1 aliphatic heterocycles. The first-order chi connectivity index (χ1) is 6.52. The number of ether oxygens (including phenoxy) is 1. The largest absolute Gasteiger partial charge is 0.393 e. The van der Waals surface area contributed by atoms with Gasteiger partial charge < -0.3 is 10.5 Å².